The largest absolute Gasteiger partial charge is 0.265 e. The molecule has 0 aromatic carbocycles. The topological polar surface area (TPSA) is 17.8 Å². The van der Waals surface area contributed by atoms with Gasteiger partial charge in [0.25, 0.3) is 0 Å². The Morgan fingerprint density at radius 3 is 2.45 bits per heavy atom. The molecule has 1 aliphatic carbocycles. The van der Waals surface area contributed by atoms with Gasteiger partial charge in [0.2, 0.25) is 0 Å². The van der Waals surface area contributed by atoms with Crippen molar-refractivity contribution in [3.05, 3.63) is 15.9 Å². The lowest BCUT2D eigenvalue weighted by Crippen LogP contribution is -1.98. The third-order valence-corrected chi connectivity index (χ3v) is 3.28. The predicted octanol–water partition coefficient (Wildman–Crippen LogP) is 2.60. The lowest BCUT2D eigenvalue weighted by Gasteiger charge is -1.98. The summed E-state index contributed by atoms with van der Waals surface area (Å²) in [5, 5.41) is 4.44. The zero-order valence-corrected chi connectivity index (χ0v) is 8.35. The SMILES string of the molecule is Cc1nn(C2CC2)c(C)c1Br. The van der Waals surface area contributed by atoms with E-state index < -0.39 is 0 Å². The summed E-state index contributed by atoms with van der Waals surface area (Å²) in [7, 11) is 0. The van der Waals surface area contributed by atoms with Gasteiger partial charge in [0, 0.05) is 0 Å². The van der Waals surface area contributed by atoms with Crippen LogP contribution in [0, 0.1) is 13.8 Å². The number of rotatable bonds is 1. The molecule has 11 heavy (non-hydrogen) atoms. The van der Waals surface area contributed by atoms with E-state index in [0.717, 1.165) is 5.69 Å². The van der Waals surface area contributed by atoms with Crippen LogP contribution in [-0.2, 0) is 0 Å². The van der Waals surface area contributed by atoms with Crippen LogP contribution in [0.1, 0.15) is 30.3 Å². The minimum atomic E-state index is 0.694. The highest BCUT2D eigenvalue weighted by Crippen LogP contribution is 2.37. The molecule has 1 saturated carbocycles. The Morgan fingerprint density at radius 1 is 1.45 bits per heavy atom. The fourth-order valence-corrected chi connectivity index (χ4v) is 1.58. The first kappa shape index (κ1) is 7.35. The maximum Gasteiger partial charge on any atom is 0.0738 e. The van der Waals surface area contributed by atoms with Crippen molar-refractivity contribution in [1.29, 1.82) is 0 Å². The molecule has 0 spiro atoms. The van der Waals surface area contributed by atoms with E-state index in [2.05, 4.69) is 32.6 Å². The number of nitrogens with zero attached hydrogens (tertiary/aromatic N) is 2. The molecule has 2 nitrogen and oxygen atoms in total. The van der Waals surface area contributed by atoms with E-state index in [1.807, 2.05) is 6.92 Å². The molecule has 1 heterocycles. The van der Waals surface area contributed by atoms with E-state index >= 15 is 0 Å². The highest BCUT2D eigenvalue weighted by atomic mass is 79.9. The van der Waals surface area contributed by atoms with E-state index in [-0.39, 0.29) is 0 Å². The van der Waals surface area contributed by atoms with Crippen molar-refractivity contribution in [3.8, 4) is 0 Å². The summed E-state index contributed by atoms with van der Waals surface area (Å²) in [6.45, 7) is 4.15. The van der Waals surface area contributed by atoms with Gasteiger partial charge in [-0.3, -0.25) is 4.68 Å². The van der Waals surface area contributed by atoms with Crippen molar-refractivity contribution in [2.24, 2.45) is 0 Å². The molecule has 0 aliphatic heterocycles. The van der Waals surface area contributed by atoms with Crippen LogP contribution in [-0.4, -0.2) is 9.78 Å². The first-order chi connectivity index (χ1) is 5.20. The molecule has 2 rings (SSSR count). The molecule has 0 saturated heterocycles. The Labute approximate surface area is 74.7 Å². The van der Waals surface area contributed by atoms with Gasteiger partial charge in [-0.05, 0) is 42.6 Å². The van der Waals surface area contributed by atoms with Gasteiger partial charge < -0.3 is 0 Å². The second-order valence-electron chi connectivity index (χ2n) is 3.16. The fraction of sp³-hybridized carbons (Fsp3) is 0.625. The highest BCUT2D eigenvalue weighted by molar-refractivity contribution is 9.10. The molecule has 60 valence electrons. The number of halogens is 1. The predicted molar refractivity (Wildman–Crippen MR) is 47.7 cm³/mol. The molecule has 1 fully saturated rings. The Bertz CT molecular complexity index is 287. The van der Waals surface area contributed by atoms with Crippen LogP contribution < -0.4 is 0 Å². The summed E-state index contributed by atoms with van der Waals surface area (Å²) in [5.74, 6) is 0. The molecule has 3 heteroatoms. The van der Waals surface area contributed by atoms with Gasteiger partial charge >= 0.3 is 0 Å². The molecule has 1 aromatic heterocycles. The van der Waals surface area contributed by atoms with Gasteiger partial charge in [-0.2, -0.15) is 5.10 Å². The second kappa shape index (κ2) is 2.34. The van der Waals surface area contributed by atoms with Gasteiger partial charge in [-0.25, -0.2) is 0 Å². The van der Waals surface area contributed by atoms with Crippen LogP contribution in [0.15, 0.2) is 4.47 Å². The van der Waals surface area contributed by atoms with Crippen LogP contribution in [0.2, 0.25) is 0 Å². The van der Waals surface area contributed by atoms with E-state index in [9.17, 15) is 0 Å². The molecular formula is C8H11BrN2. The highest BCUT2D eigenvalue weighted by Gasteiger charge is 2.26. The van der Waals surface area contributed by atoms with Crippen molar-refractivity contribution in [2.75, 3.05) is 0 Å². The summed E-state index contributed by atoms with van der Waals surface area (Å²) in [4.78, 5) is 0. The molecule has 0 radical (unpaired) electrons. The van der Waals surface area contributed by atoms with Crippen LogP contribution in [0.3, 0.4) is 0 Å². The molecule has 0 atom stereocenters. The number of aromatic nitrogens is 2. The van der Waals surface area contributed by atoms with Crippen LogP contribution >= 0.6 is 15.9 Å². The average Bonchev–Trinajstić information content (AvgIpc) is 2.76. The monoisotopic (exact) mass is 214 g/mol. The van der Waals surface area contributed by atoms with E-state index in [0.29, 0.717) is 6.04 Å². The van der Waals surface area contributed by atoms with Crippen LogP contribution in [0.5, 0.6) is 0 Å². The number of hydrogen-bond acceptors (Lipinski definition) is 1. The van der Waals surface area contributed by atoms with Crippen molar-refractivity contribution in [3.63, 3.8) is 0 Å². The zero-order chi connectivity index (χ0) is 8.01. The van der Waals surface area contributed by atoms with E-state index in [1.54, 1.807) is 0 Å². The molecule has 0 amide bonds. The summed E-state index contributed by atoms with van der Waals surface area (Å²) in [6.07, 6.45) is 2.60. The summed E-state index contributed by atoms with van der Waals surface area (Å²) >= 11 is 3.51. The van der Waals surface area contributed by atoms with Crippen LogP contribution in [0.4, 0.5) is 0 Å². The molecule has 1 aromatic rings. The van der Waals surface area contributed by atoms with Crippen molar-refractivity contribution >= 4 is 15.9 Å². The van der Waals surface area contributed by atoms with Gasteiger partial charge in [0.05, 0.1) is 21.9 Å². The van der Waals surface area contributed by atoms with Gasteiger partial charge in [-0.1, -0.05) is 0 Å². The van der Waals surface area contributed by atoms with Gasteiger partial charge in [0.1, 0.15) is 0 Å². The summed E-state index contributed by atoms with van der Waals surface area (Å²) in [5.41, 5.74) is 2.37. The third-order valence-electron chi connectivity index (χ3n) is 2.13. The van der Waals surface area contributed by atoms with Gasteiger partial charge in [0.15, 0.2) is 0 Å². The molecule has 0 N–H and O–H groups in total. The maximum atomic E-state index is 4.44. The smallest absolute Gasteiger partial charge is 0.0738 e. The van der Waals surface area contributed by atoms with Crippen LogP contribution in [0.25, 0.3) is 0 Å². The number of hydrogen-bond donors (Lipinski definition) is 0. The van der Waals surface area contributed by atoms with E-state index in [1.165, 1.54) is 23.0 Å². The first-order valence-electron chi connectivity index (χ1n) is 3.91. The normalized spacial score (nSPS) is 17.4. The van der Waals surface area contributed by atoms with Gasteiger partial charge in [-0.15, -0.1) is 0 Å². The Hall–Kier alpha value is -0.310. The average molecular weight is 215 g/mol. The molecule has 1 aliphatic rings. The third kappa shape index (κ3) is 1.11. The summed E-state index contributed by atoms with van der Waals surface area (Å²) in [6, 6.07) is 0.694. The lowest BCUT2D eigenvalue weighted by molar-refractivity contribution is 0.617. The standard InChI is InChI=1S/C8H11BrN2/c1-5-8(9)6(2)11(10-5)7-3-4-7/h7H,3-4H2,1-2H3. The fourth-order valence-electron chi connectivity index (χ4n) is 1.32. The quantitative estimate of drug-likeness (QED) is 0.703. The minimum Gasteiger partial charge on any atom is -0.265 e. The molecule has 0 unspecified atom stereocenters. The molecule has 0 bridgehead atoms. The Kier molecular flexibility index (Phi) is 1.56. The van der Waals surface area contributed by atoms with Crippen molar-refractivity contribution < 1.29 is 0 Å². The Morgan fingerprint density at radius 2 is 2.09 bits per heavy atom. The van der Waals surface area contributed by atoms with Crippen molar-refractivity contribution in [2.45, 2.75) is 32.7 Å². The summed E-state index contributed by atoms with van der Waals surface area (Å²) < 4.78 is 3.31. The maximum absolute atomic E-state index is 4.44. The second-order valence-corrected chi connectivity index (χ2v) is 3.95. The van der Waals surface area contributed by atoms with E-state index in [4.69, 9.17) is 0 Å². The zero-order valence-electron chi connectivity index (χ0n) is 6.76. The Balaban J connectivity index is 2.46. The minimum absolute atomic E-state index is 0.694. The lowest BCUT2D eigenvalue weighted by atomic mass is 10.4. The number of aryl methyl sites for hydroxylation is 1. The van der Waals surface area contributed by atoms with Crippen molar-refractivity contribution in [1.82, 2.24) is 9.78 Å². The first-order valence-corrected chi connectivity index (χ1v) is 4.70. The molecular weight excluding hydrogens is 204 g/mol.